The van der Waals surface area contributed by atoms with E-state index in [1.54, 1.807) is 13.0 Å². The first kappa shape index (κ1) is 15.1. The molecule has 1 aliphatic rings. The van der Waals surface area contributed by atoms with Crippen LogP contribution in [-0.2, 0) is 14.8 Å². The van der Waals surface area contributed by atoms with E-state index in [2.05, 4.69) is 4.90 Å². The second-order valence-electron chi connectivity index (χ2n) is 5.37. The fourth-order valence-electron chi connectivity index (χ4n) is 2.69. The van der Waals surface area contributed by atoms with Crippen LogP contribution in [0.1, 0.15) is 19.4 Å². The maximum Gasteiger partial charge on any atom is 0.238 e. The summed E-state index contributed by atoms with van der Waals surface area (Å²) in [5.74, 6) is 0. The van der Waals surface area contributed by atoms with Gasteiger partial charge >= 0.3 is 0 Å². The zero-order valence-corrected chi connectivity index (χ0v) is 12.8. The number of hydrogen-bond acceptors (Lipinski definition) is 5. The third-order valence-corrected chi connectivity index (χ3v) is 4.46. The second-order valence-corrected chi connectivity index (χ2v) is 6.90. The third-order valence-electron chi connectivity index (χ3n) is 3.42. The lowest BCUT2D eigenvalue weighted by Crippen LogP contribution is -2.45. The molecule has 2 unspecified atom stereocenters. The van der Waals surface area contributed by atoms with Gasteiger partial charge in [0.2, 0.25) is 10.0 Å². The Balaban J connectivity index is 2.49. The van der Waals surface area contributed by atoms with Crippen LogP contribution >= 0.6 is 0 Å². The summed E-state index contributed by atoms with van der Waals surface area (Å²) in [4.78, 5) is 2.18. The SMILES string of the molecule is Cc1c(N2CC(C)OC(C)C2)cc(N)cc1S(N)(=O)=O. The summed E-state index contributed by atoms with van der Waals surface area (Å²) in [6.45, 7) is 7.12. The fraction of sp³-hybridized carbons (Fsp3) is 0.538. The third kappa shape index (κ3) is 3.05. The minimum absolute atomic E-state index is 0.0810. The lowest BCUT2D eigenvalue weighted by molar-refractivity contribution is -0.00525. The number of nitrogen functional groups attached to an aromatic ring is 1. The predicted octanol–water partition coefficient (Wildman–Crippen LogP) is 0.838. The van der Waals surface area contributed by atoms with E-state index in [4.69, 9.17) is 15.6 Å². The maximum absolute atomic E-state index is 11.6. The first-order valence-corrected chi connectivity index (χ1v) is 8.06. The molecule has 112 valence electrons. The van der Waals surface area contributed by atoms with Gasteiger partial charge in [0.15, 0.2) is 0 Å². The van der Waals surface area contributed by atoms with Crippen LogP contribution in [0, 0.1) is 6.92 Å². The smallest absolute Gasteiger partial charge is 0.238 e. The number of rotatable bonds is 2. The van der Waals surface area contributed by atoms with Gasteiger partial charge in [0.1, 0.15) is 0 Å². The molecular formula is C13H21N3O3S. The molecule has 1 heterocycles. The zero-order chi connectivity index (χ0) is 15.1. The average molecular weight is 299 g/mol. The molecule has 1 aliphatic heterocycles. The first-order chi connectivity index (χ1) is 9.18. The molecule has 1 fully saturated rings. The van der Waals surface area contributed by atoms with Crippen molar-refractivity contribution >= 4 is 21.4 Å². The Labute approximate surface area is 119 Å². The second kappa shape index (κ2) is 5.23. The summed E-state index contributed by atoms with van der Waals surface area (Å²) in [6.07, 6.45) is 0.162. The minimum atomic E-state index is -3.78. The Morgan fingerprint density at radius 2 is 1.80 bits per heavy atom. The van der Waals surface area contributed by atoms with E-state index in [1.165, 1.54) is 6.07 Å². The maximum atomic E-state index is 11.6. The summed E-state index contributed by atoms with van der Waals surface area (Å²) in [7, 11) is -3.78. The quantitative estimate of drug-likeness (QED) is 0.788. The number of nitrogens with zero attached hydrogens (tertiary/aromatic N) is 1. The molecule has 7 heteroatoms. The first-order valence-electron chi connectivity index (χ1n) is 6.52. The van der Waals surface area contributed by atoms with Crippen LogP contribution in [0.4, 0.5) is 11.4 Å². The molecule has 6 nitrogen and oxygen atoms in total. The van der Waals surface area contributed by atoms with Crippen molar-refractivity contribution in [3.05, 3.63) is 17.7 Å². The Bertz CT molecular complexity index is 606. The minimum Gasteiger partial charge on any atom is -0.399 e. The van der Waals surface area contributed by atoms with Crippen LogP contribution < -0.4 is 15.8 Å². The molecule has 1 aromatic rings. The van der Waals surface area contributed by atoms with Gasteiger partial charge in [-0.25, -0.2) is 13.6 Å². The van der Waals surface area contributed by atoms with Crippen molar-refractivity contribution in [2.24, 2.45) is 5.14 Å². The van der Waals surface area contributed by atoms with Gasteiger partial charge in [-0.2, -0.15) is 0 Å². The molecule has 0 saturated carbocycles. The highest BCUT2D eigenvalue weighted by molar-refractivity contribution is 7.89. The van der Waals surface area contributed by atoms with Gasteiger partial charge in [0.25, 0.3) is 0 Å². The van der Waals surface area contributed by atoms with Gasteiger partial charge in [-0.3, -0.25) is 0 Å². The highest BCUT2D eigenvalue weighted by Gasteiger charge is 2.25. The van der Waals surface area contributed by atoms with Crippen molar-refractivity contribution in [3.8, 4) is 0 Å². The van der Waals surface area contributed by atoms with E-state index in [1.807, 2.05) is 13.8 Å². The van der Waals surface area contributed by atoms with Crippen molar-refractivity contribution in [2.45, 2.75) is 37.9 Å². The van der Waals surface area contributed by atoms with Crippen molar-refractivity contribution < 1.29 is 13.2 Å². The van der Waals surface area contributed by atoms with E-state index in [0.717, 1.165) is 5.69 Å². The molecule has 0 bridgehead atoms. The largest absolute Gasteiger partial charge is 0.399 e. The number of morpholine rings is 1. The molecule has 1 aromatic carbocycles. The fourth-order valence-corrected chi connectivity index (χ4v) is 3.52. The van der Waals surface area contributed by atoms with Crippen molar-refractivity contribution in [1.82, 2.24) is 0 Å². The molecule has 4 N–H and O–H groups in total. The summed E-state index contributed by atoms with van der Waals surface area (Å²) >= 11 is 0. The molecule has 0 spiro atoms. The highest BCUT2D eigenvalue weighted by atomic mass is 32.2. The van der Waals surface area contributed by atoms with E-state index >= 15 is 0 Å². The van der Waals surface area contributed by atoms with Crippen molar-refractivity contribution in [2.75, 3.05) is 23.7 Å². The number of anilines is 2. The van der Waals surface area contributed by atoms with Gasteiger partial charge in [-0.15, -0.1) is 0 Å². The summed E-state index contributed by atoms with van der Waals surface area (Å²) in [5, 5.41) is 5.25. The van der Waals surface area contributed by atoms with Gasteiger partial charge in [-0.05, 0) is 38.5 Å². The normalized spacial score (nSPS) is 23.9. The Morgan fingerprint density at radius 1 is 1.25 bits per heavy atom. The molecular weight excluding hydrogens is 278 g/mol. The summed E-state index contributed by atoms with van der Waals surface area (Å²) < 4.78 is 29.0. The number of sulfonamides is 1. The molecule has 0 aliphatic carbocycles. The van der Waals surface area contributed by atoms with Crippen LogP contribution in [0.25, 0.3) is 0 Å². The summed E-state index contributed by atoms with van der Waals surface area (Å²) in [6, 6.07) is 3.19. The molecule has 1 saturated heterocycles. The average Bonchev–Trinajstić information content (AvgIpc) is 2.29. The molecule has 2 rings (SSSR count). The Morgan fingerprint density at radius 3 is 2.30 bits per heavy atom. The number of primary sulfonamides is 1. The van der Waals surface area contributed by atoms with Gasteiger partial charge in [-0.1, -0.05) is 0 Å². The number of benzene rings is 1. The molecule has 0 aromatic heterocycles. The van der Waals surface area contributed by atoms with Crippen LogP contribution in [0.2, 0.25) is 0 Å². The van der Waals surface area contributed by atoms with Crippen LogP contribution in [0.5, 0.6) is 0 Å². The van der Waals surface area contributed by atoms with Crippen LogP contribution in [0.15, 0.2) is 17.0 Å². The van der Waals surface area contributed by atoms with E-state index < -0.39 is 10.0 Å². The van der Waals surface area contributed by atoms with Crippen LogP contribution in [0.3, 0.4) is 0 Å². The Hall–Kier alpha value is -1.31. The molecule has 20 heavy (non-hydrogen) atoms. The predicted molar refractivity (Wildman–Crippen MR) is 79.2 cm³/mol. The Kier molecular flexibility index (Phi) is 3.95. The van der Waals surface area contributed by atoms with Crippen molar-refractivity contribution in [3.63, 3.8) is 0 Å². The lowest BCUT2D eigenvalue weighted by Gasteiger charge is -2.38. The van der Waals surface area contributed by atoms with E-state index in [9.17, 15) is 8.42 Å². The van der Waals surface area contributed by atoms with Gasteiger partial charge in [0, 0.05) is 24.5 Å². The monoisotopic (exact) mass is 299 g/mol. The van der Waals surface area contributed by atoms with Crippen LogP contribution in [-0.4, -0.2) is 33.7 Å². The zero-order valence-electron chi connectivity index (χ0n) is 12.0. The molecule has 2 atom stereocenters. The van der Waals surface area contributed by atoms with Gasteiger partial charge < -0.3 is 15.4 Å². The van der Waals surface area contributed by atoms with E-state index in [0.29, 0.717) is 24.3 Å². The topological polar surface area (TPSA) is 98.7 Å². The van der Waals surface area contributed by atoms with Gasteiger partial charge in [0.05, 0.1) is 17.1 Å². The number of nitrogens with two attached hydrogens (primary N) is 2. The molecule has 0 radical (unpaired) electrons. The standard InChI is InChI=1S/C13H21N3O3S/c1-8-6-16(7-9(2)19-8)12-4-11(14)5-13(10(12)3)20(15,17)18/h4-5,8-9H,6-7,14H2,1-3H3,(H2,15,17,18). The number of ether oxygens (including phenoxy) is 1. The van der Waals surface area contributed by atoms with E-state index in [-0.39, 0.29) is 17.1 Å². The highest BCUT2D eigenvalue weighted by Crippen LogP contribution is 2.31. The number of hydrogen-bond donors (Lipinski definition) is 2. The summed E-state index contributed by atoms with van der Waals surface area (Å²) in [5.41, 5.74) is 7.64. The lowest BCUT2D eigenvalue weighted by atomic mass is 10.1. The van der Waals surface area contributed by atoms with Crippen molar-refractivity contribution in [1.29, 1.82) is 0 Å². The molecule has 0 amide bonds.